The number of hydrogen-bond acceptors (Lipinski definition) is 4. The maximum absolute atomic E-state index is 10.8. The molecule has 0 unspecified atom stereocenters. The Morgan fingerprint density at radius 2 is 2.40 bits per heavy atom. The number of methoxy groups -OCH3 is 1. The fourth-order valence-electron chi connectivity index (χ4n) is 0.550. The van der Waals surface area contributed by atoms with Gasteiger partial charge < -0.3 is 4.74 Å². The first kappa shape index (κ1) is 7.21. The molecule has 0 radical (unpaired) electrons. The normalized spacial score (nSPS) is 9.40. The van der Waals surface area contributed by atoms with Gasteiger partial charge in [0.15, 0.2) is 0 Å². The van der Waals surface area contributed by atoms with Crippen LogP contribution < -0.4 is 9.48 Å². The van der Waals surface area contributed by atoms with Crippen molar-refractivity contribution in [3.05, 3.63) is 20.6 Å². The van der Waals surface area contributed by atoms with Crippen molar-refractivity contribution >= 4 is 11.3 Å². The highest BCUT2D eigenvalue weighted by molar-refractivity contribution is 7.07. The third-order valence-electron chi connectivity index (χ3n) is 0.982. The highest BCUT2D eigenvalue weighted by Gasteiger charge is 1.98. The second-order valence-corrected chi connectivity index (χ2v) is 2.63. The van der Waals surface area contributed by atoms with Crippen LogP contribution in [0.15, 0.2) is 10.2 Å². The van der Waals surface area contributed by atoms with Crippen molar-refractivity contribution in [1.29, 1.82) is 0 Å². The molecule has 10 heavy (non-hydrogen) atoms. The molecular formula is C6H7NO2S. The van der Waals surface area contributed by atoms with Crippen molar-refractivity contribution < 1.29 is 4.74 Å². The third kappa shape index (κ3) is 1.33. The van der Waals surface area contributed by atoms with Gasteiger partial charge in [0.2, 0.25) is 0 Å². The molecule has 0 amide bonds. The lowest BCUT2D eigenvalue weighted by molar-refractivity contribution is 0.395. The average Bonchev–Trinajstić information content (AvgIpc) is 1.94. The zero-order valence-electron chi connectivity index (χ0n) is 5.75. The van der Waals surface area contributed by atoms with E-state index in [0.717, 1.165) is 17.0 Å². The monoisotopic (exact) mass is 157 g/mol. The molecule has 0 N–H and O–H groups in total. The fraction of sp³-hybridized carbons (Fsp3) is 0.333. The van der Waals surface area contributed by atoms with Crippen LogP contribution in [-0.2, 0) is 0 Å². The van der Waals surface area contributed by atoms with E-state index in [1.807, 2.05) is 6.92 Å². The van der Waals surface area contributed by atoms with Gasteiger partial charge in [-0.25, -0.2) is 4.98 Å². The molecule has 0 fully saturated rings. The summed E-state index contributed by atoms with van der Waals surface area (Å²) < 4.78 is 4.58. The highest BCUT2D eigenvalue weighted by atomic mass is 32.1. The van der Waals surface area contributed by atoms with Crippen LogP contribution in [0.2, 0.25) is 0 Å². The molecule has 1 aromatic rings. The molecular weight excluding hydrogens is 150 g/mol. The van der Waals surface area contributed by atoms with E-state index in [4.69, 9.17) is 4.74 Å². The van der Waals surface area contributed by atoms with Gasteiger partial charge in [-0.2, -0.15) is 0 Å². The number of hydrogen-bond donors (Lipinski definition) is 0. The molecule has 3 nitrogen and oxygen atoms in total. The first-order valence-electron chi connectivity index (χ1n) is 2.74. The molecule has 1 aromatic heterocycles. The molecule has 0 aliphatic heterocycles. The van der Waals surface area contributed by atoms with Gasteiger partial charge in [-0.3, -0.25) is 4.79 Å². The van der Waals surface area contributed by atoms with E-state index in [1.54, 1.807) is 5.38 Å². The van der Waals surface area contributed by atoms with Crippen molar-refractivity contribution in [3.8, 4) is 5.88 Å². The van der Waals surface area contributed by atoms with E-state index < -0.39 is 0 Å². The molecule has 0 aromatic carbocycles. The molecule has 0 atom stereocenters. The SMILES string of the molecule is COc1nc(C)csc1=O. The van der Waals surface area contributed by atoms with Gasteiger partial charge in [-0.15, -0.1) is 0 Å². The highest BCUT2D eigenvalue weighted by Crippen LogP contribution is 2.01. The summed E-state index contributed by atoms with van der Waals surface area (Å²) in [5.74, 6) is 0.185. The lowest BCUT2D eigenvalue weighted by atomic mass is 10.6. The van der Waals surface area contributed by atoms with Gasteiger partial charge >= 0.3 is 0 Å². The second kappa shape index (κ2) is 2.79. The Balaban J connectivity index is 3.22. The third-order valence-corrected chi connectivity index (χ3v) is 1.83. The maximum Gasteiger partial charge on any atom is 0.294 e. The molecule has 0 saturated heterocycles. The van der Waals surface area contributed by atoms with Gasteiger partial charge in [0, 0.05) is 5.38 Å². The summed E-state index contributed by atoms with van der Waals surface area (Å²) in [5, 5.41) is 1.70. The zero-order chi connectivity index (χ0) is 7.56. The van der Waals surface area contributed by atoms with Crippen LogP contribution in [0.3, 0.4) is 0 Å². The Hall–Kier alpha value is -0.900. The van der Waals surface area contributed by atoms with Crippen molar-refractivity contribution in [2.24, 2.45) is 0 Å². The van der Waals surface area contributed by atoms with Crippen LogP contribution in [0.4, 0.5) is 0 Å². The average molecular weight is 157 g/mol. The van der Waals surface area contributed by atoms with Crippen LogP contribution in [0.5, 0.6) is 5.88 Å². The van der Waals surface area contributed by atoms with Crippen LogP contribution in [0, 0.1) is 6.92 Å². The van der Waals surface area contributed by atoms with E-state index in [1.165, 1.54) is 7.11 Å². The first-order valence-corrected chi connectivity index (χ1v) is 3.62. The molecule has 4 heteroatoms. The lowest BCUT2D eigenvalue weighted by Gasteiger charge is -1.94. The summed E-state index contributed by atoms with van der Waals surface area (Å²) in [4.78, 5) is 14.7. The molecule has 0 spiro atoms. The molecule has 0 bridgehead atoms. The molecule has 0 saturated carbocycles. The quantitative estimate of drug-likeness (QED) is 0.605. The Morgan fingerprint density at radius 3 is 2.90 bits per heavy atom. The molecule has 1 heterocycles. The van der Waals surface area contributed by atoms with E-state index >= 15 is 0 Å². The van der Waals surface area contributed by atoms with Gasteiger partial charge in [0.25, 0.3) is 10.6 Å². The summed E-state index contributed by atoms with van der Waals surface area (Å²) in [7, 11) is 1.44. The van der Waals surface area contributed by atoms with E-state index in [0.29, 0.717) is 0 Å². The smallest absolute Gasteiger partial charge is 0.294 e. The summed E-state index contributed by atoms with van der Waals surface area (Å²) in [6, 6.07) is 0. The summed E-state index contributed by atoms with van der Waals surface area (Å²) >= 11 is 1.10. The topological polar surface area (TPSA) is 39.2 Å². The van der Waals surface area contributed by atoms with Gasteiger partial charge in [-0.1, -0.05) is 11.3 Å². The number of rotatable bonds is 1. The van der Waals surface area contributed by atoms with Crippen LogP contribution in [0.1, 0.15) is 5.69 Å². The van der Waals surface area contributed by atoms with Crippen LogP contribution in [-0.4, -0.2) is 12.1 Å². The zero-order valence-corrected chi connectivity index (χ0v) is 6.57. The van der Waals surface area contributed by atoms with Crippen molar-refractivity contribution in [2.45, 2.75) is 6.92 Å². The Bertz CT molecular complexity index is 281. The van der Waals surface area contributed by atoms with Crippen molar-refractivity contribution in [1.82, 2.24) is 4.98 Å². The minimum Gasteiger partial charge on any atom is -0.478 e. The Labute approximate surface area is 62.3 Å². The Kier molecular flexibility index (Phi) is 2.01. The van der Waals surface area contributed by atoms with E-state index in [2.05, 4.69) is 4.98 Å². The summed E-state index contributed by atoms with van der Waals surface area (Å²) in [6.45, 7) is 1.82. The molecule has 0 aliphatic carbocycles. The first-order chi connectivity index (χ1) is 4.74. The minimum absolute atomic E-state index is 0.131. The van der Waals surface area contributed by atoms with Gasteiger partial charge in [0.1, 0.15) is 0 Å². The number of aromatic nitrogens is 1. The van der Waals surface area contributed by atoms with Gasteiger partial charge in [-0.05, 0) is 6.92 Å². The standard InChI is InChI=1S/C6H7NO2S/c1-4-3-10-6(8)5(7-4)9-2/h3H,1-2H3. The molecule has 0 aliphatic rings. The van der Waals surface area contributed by atoms with E-state index in [-0.39, 0.29) is 10.6 Å². The van der Waals surface area contributed by atoms with Crippen LogP contribution >= 0.6 is 11.3 Å². The molecule has 54 valence electrons. The number of nitrogens with zero attached hydrogens (tertiary/aromatic N) is 1. The predicted molar refractivity (Wildman–Crippen MR) is 39.7 cm³/mol. The summed E-state index contributed by atoms with van der Waals surface area (Å²) in [6.07, 6.45) is 0. The number of ether oxygens (including phenoxy) is 1. The van der Waals surface area contributed by atoms with Crippen molar-refractivity contribution in [3.63, 3.8) is 0 Å². The largest absolute Gasteiger partial charge is 0.478 e. The second-order valence-electron chi connectivity index (χ2n) is 1.79. The fourth-order valence-corrected chi connectivity index (χ4v) is 1.11. The molecule has 1 rings (SSSR count). The predicted octanol–water partition coefficient (Wildman–Crippen LogP) is 0.820. The van der Waals surface area contributed by atoms with Gasteiger partial charge in [0.05, 0.1) is 12.8 Å². The Morgan fingerprint density at radius 1 is 1.70 bits per heavy atom. The van der Waals surface area contributed by atoms with E-state index in [9.17, 15) is 4.79 Å². The van der Waals surface area contributed by atoms with Crippen molar-refractivity contribution in [2.75, 3.05) is 7.11 Å². The maximum atomic E-state index is 10.8. The number of aryl methyl sites for hydroxylation is 1. The van der Waals surface area contributed by atoms with Crippen LogP contribution in [0.25, 0.3) is 0 Å². The summed E-state index contributed by atoms with van der Waals surface area (Å²) in [5.41, 5.74) is 0.807. The lowest BCUT2D eigenvalue weighted by Crippen LogP contribution is -2.03. The minimum atomic E-state index is -0.131.